The van der Waals surface area contributed by atoms with Crippen LogP contribution in [-0.4, -0.2) is 36.3 Å². The number of carboxylic acid groups (broad SMARTS) is 1. The molecule has 3 N–H and O–H groups in total. The lowest BCUT2D eigenvalue weighted by molar-refractivity contribution is -0.144. The number of carbonyl (C=O) groups is 1. The molecule has 2 aromatic heterocycles. The van der Waals surface area contributed by atoms with Crippen LogP contribution in [-0.2, 0) is 18.3 Å². The molecule has 128 valence electrons. The second-order valence-corrected chi connectivity index (χ2v) is 5.74. The third kappa shape index (κ3) is 2.51. The van der Waals surface area contributed by atoms with Crippen molar-refractivity contribution in [3.8, 4) is 0 Å². The van der Waals surface area contributed by atoms with Gasteiger partial charge in [0.05, 0.1) is 17.8 Å². The number of rotatable bonds is 2. The number of nitrogens with zero attached hydrogens (tertiary/aromatic N) is 4. The van der Waals surface area contributed by atoms with E-state index < -0.39 is 23.6 Å². The number of hydrogen-bond acceptors (Lipinski definition) is 5. The van der Waals surface area contributed by atoms with Crippen molar-refractivity contribution >= 4 is 17.7 Å². The van der Waals surface area contributed by atoms with Gasteiger partial charge >= 0.3 is 12.3 Å². The van der Waals surface area contributed by atoms with Gasteiger partial charge in [-0.1, -0.05) is 0 Å². The summed E-state index contributed by atoms with van der Waals surface area (Å²) in [7, 11) is 0. The predicted molar refractivity (Wildman–Crippen MR) is 75.5 cm³/mol. The summed E-state index contributed by atoms with van der Waals surface area (Å²) >= 11 is 0. The number of alkyl halides is 3. The summed E-state index contributed by atoms with van der Waals surface area (Å²) < 4.78 is 38.0. The second-order valence-electron chi connectivity index (χ2n) is 5.74. The number of aromatic amines is 1. The summed E-state index contributed by atoms with van der Waals surface area (Å²) in [6, 6.07) is 1.27. The van der Waals surface area contributed by atoms with Crippen molar-refractivity contribution in [2.45, 2.75) is 32.1 Å². The standard InChI is InChI=1S/C13H13F3N6O2/c1-12(2)8-6(5-22(12)11(23)24)9(21-20-8)18-7-3-4-17-10(19-7)13(14,15)16/h3-4H,5H2,1-2H3,(H,23,24)(H2,17,18,19,20,21). The van der Waals surface area contributed by atoms with E-state index in [1.54, 1.807) is 13.8 Å². The van der Waals surface area contributed by atoms with Crippen molar-refractivity contribution < 1.29 is 23.1 Å². The van der Waals surface area contributed by atoms with Crippen molar-refractivity contribution in [2.75, 3.05) is 5.32 Å². The molecule has 24 heavy (non-hydrogen) atoms. The van der Waals surface area contributed by atoms with E-state index in [0.717, 1.165) is 6.20 Å². The molecule has 0 aliphatic carbocycles. The van der Waals surface area contributed by atoms with Crippen LogP contribution < -0.4 is 5.32 Å². The zero-order valence-electron chi connectivity index (χ0n) is 12.6. The van der Waals surface area contributed by atoms with Crippen LogP contribution in [0, 0.1) is 0 Å². The van der Waals surface area contributed by atoms with E-state index in [1.165, 1.54) is 11.0 Å². The van der Waals surface area contributed by atoms with Crippen LogP contribution in [0.2, 0.25) is 0 Å². The Morgan fingerprint density at radius 2 is 2.17 bits per heavy atom. The molecule has 3 heterocycles. The lowest BCUT2D eigenvalue weighted by Crippen LogP contribution is -2.39. The van der Waals surface area contributed by atoms with Gasteiger partial charge in [-0.2, -0.15) is 18.3 Å². The summed E-state index contributed by atoms with van der Waals surface area (Å²) in [4.78, 5) is 19.1. The van der Waals surface area contributed by atoms with E-state index in [-0.39, 0.29) is 18.2 Å². The summed E-state index contributed by atoms with van der Waals surface area (Å²) in [6.07, 6.45) is -4.77. The number of nitrogens with one attached hydrogen (secondary N) is 2. The molecule has 1 aliphatic heterocycles. The number of hydrogen-bond donors (Lipinski definition) is 3. The predicted octanol–water partition coefficient (Wildman–Crippen LogP) is 2.69. The number of fused-ring (bicyclic) bond motifs is 1. The molecule has 3 rings (SSSR count). The fourth-order valence-electron chi connectivity index (χ4n) is 2.61. The smallest absolute Gasteiger partial charge is 0.451 e. The minimum absolute atomic E-state index is 0.0632. The fraction of sp³-hybridized carbons (Fsp3) is 0.385. The van der Waals surface area contributed by atoms with Crippen LogP contribution in [0.1, 0.15) is 30.9 Å². The molecule has 8 nitrogen and oxygen atoms in total. The Kier molecular flexibility index (Phi) is 3.39. The number of amides is 1. The number of halogens is 3. The Hall–Kier alpha value is -2.85. The van der Waals surface area contributed by atoms with Gasteiger partial charge in [-0.05, 0) is 19.9 Å². The Morgan fingerprint density at radius 1 is 1.46 bits per heavy atom. The fourth-order valence-corrected chi connectivity index (χ4v) is 2.61. The minimum Gasteiger partial charge on any atom is -0.465 e. The van der Waals surface area contributed by atoms with Gasteiger partial charge in [0, 0.05) is 11.8 Å². The molecule has 0 saturated carbocycles. The van der Waals surface area contributed by atoms with E-state index in [2.05, 4.69) is 25.5 Å². The Balaban J connectivity index is 1.92. The van der Waals surface area contributed by atoms with E-state index >= 15 is 0 Å². The largest absolute Gasteiger partial charge is 0.465 e. The molecule has 0 fully saturated rings. The van der Waals surface area contributed by atoms with Crippen LogP contribution in [0.3, 0.4) is 0 Å². The molecule has 11 heteroatoms. The summed E-state index contributed by atoms with van der Waals surface area (Å²) in [5, 5.41) is 18.7. The number of aromatic nitrogens is 4. The van der Waals surface area contributed by atoms with Crippen LogP contribution in [0.25, 0.3) is 0 Å². The monoisotopic (exact) mass is 342 g/mol. The third-order valence-corrected chi connectivity index (χ3v) is 3.86. The number of H-pyrrole nitrogens is 1. The van der Waals surface area contributed by atoms with Crippen molar-refractivity contribution in [1.82, 2.24) is 25.1 Å². The molecule has 0 spiro atoms. The first kappa shape index (κ1) is 16.0. The average molecular weight is 342 g/mol. The first-order chi connectivity index (χ1) is 11.1. The lowest BCUT2D eigenvalue weighted by Gasteiger charge is -2.28. The van der Waals surface area contributed by atoms with Crippen molar-refractivity contribution in [2.24, 2.45) is 0 Å². The molecule has 0 radical (unpaired) electrons. The highest BCUT2D eigenvalue weighted by Gasteiger charge is 2.44. The highest BCUT2D eigenvalue weighted by Crippen LogP contribution is 2.40. The average Bonchev–Trinajstić information content (AvgIpc) is 2.98. The van der Waals surface area contributed by atoms with E-state index in [1.807, 2.05) is 0 Å². The van der Waals surface area contributed by atoms with E-state index in [0.29, 0.717) is 11.3 Å². The van der Waals surface area contributed by atoms with Crippen LogP contribution in [0.5, 0.6) is 0 Å². The Labute approximate surface area is 133 Å². The molecule has 0 aromatic carbocycles. The molecular formula is C13H13F3N6O2. The first-order valence-corrected chi connectivity index (χ1v) is 6.86. The molecule has 1 aliphatic rings. The molecule has 1 amide bonds. The second kappa shape index (κ2) is 5.08. The molecule has 0 atom stereocenters. The Morgan fingerprint density at radius 3 is 2.79 bits per heavy atom. The van der Waals surface area contributed by atoms with Crippen molar-refractivity contribution in [3.63, 3.8) is 0 Å². The number of anilines is 2. The van der Waals surface area contributed by atoms with Gasteiger partial charge in [-0.25, -0.2) is 14.8 Å². The molecule has 0 saturated heterocycles. The summed E-state index contributed by atoms with van der Waals surface area (Å²) in [6.45, 7) is 3.48. The van der Waals surface area contributed by atoms with Crippen LogP contribution in [0.4, 0.5) is 29.6 Å². The van der Waals surface area contributed by atoms with E-state index in [4.69, 9.17) is 0 Å². The lowest BCUT2D eigenvalue weighted by atomic mass is 10.0. The summed E-state index contributed by atoms with van der Waals surface area (Å²) in [5.41, 5.74) is 0.323. The molecular weight excluding hydrogens is 329 g/mol. The Bertz CT molecular complexity index is 801. The SMILES string of the molecule is CC1(C)c2[nH]nc(Nc3ccnc(C(F)(F)F)n3)c2CN1C(=O)O. The van der Waals surface area contributed by atoms with Gasteiger partial charge < -0.3 is 10.4 Å². The zero-order valence-corrected chi connectivity index (χ0v) is 12.6. The molecule has 0 unspecified atom stereocenters. The third-order valence-electron chi connectivity index (χ3n) is 3.86. The van der Waals surface area contributed by atoms with Gasteiger partial charge in [-0.3, -0.25) is 10.00 Å². The first-order valence-electron chi connectivity index (χ1n) is 6.86. The normalized spacial score (nSPS) is 16.1. The maximum atomic E-state index is 12.7. The molecule has 2 aromatic rings. The van der Waals surface area contributed by atoms with Gasteiger partial charge in [0.2, 0.25) is 5.82 Å². The maximum Gasteiger partial charge on any atom is 0.451 e. The maximum absolute atomic E-state index is 12.7. The van der Waals surface area contributed by atoms with E-state index in [9.17, 15) is 23.1 Å². The van der Waals surface area contributed by atoms with Crippen molar-refractivity contribution in [1.29, 1.82) is 0 Å². The molecule has 0 bridgehead atoms. The topological polar surface area (TPSA) is 107 Å². The highest BCUT2D eigenvalue weighted by molar-refractivity contribution is 5.70. The van der Waals surface area contributed by atoms with Crippen LogP contribution >= 0.6 is 0 Å². The highest BCUT2D eigenvalue weighted by atomic mass is 19.4. The zero-order chi connectivity index (χ0) is 17.7. The van der Waals surface area contributed by atoms with Gasteiger partial charge in [0.15, 0.2) is 5.82 Å². The minimum atomic E-state index is -4.66. The quantitative estimate of drug-likeness (QED) is 0.775. The van der Waals surface area contributed by atoms with Crippen LogP contribution in [0.15, 0.2) is 12.3 Å². The van der Waals surface area contributed by atoms with Gasteiger partial charge in [0.1, 0.15) is 5.82 Å². The summed E-state index contributed by atoms with van der Waals surface area (Å²) in [5.74, 6) is -1.13. The van der Waals surface area contributed by atoms with Crippen molar-refractivity contribution in [3.05, 3.63) is 29.3 Å². The van der Waals surface area contributed by atoms with Gasteiger partial charge in [-0.15, -0.1) is 0 Å². The van der Waals surface area contributed by atoms with Gasteiger partial charge in [0.25, 0.3) is 0 Å².